The molecule has 1 saturated heterocycles. The predicted molar refractivity (Wildman–Crippen MR) is 215 cm³/mol. The van der Waals surface area contributed by atoms with E-state index in [9.17, 15) is 9.59 Å². The summed E-state index contributed by atoms with van der Waals surface area (Å²) in [7, 11) is 1.07. The molecule has 2 amide bonds. The van der Waals surface area contributed by atoms with Crippen molar-refractivity contribution in [2.75, 3.05) is 57.7 Å². The number of ether oxygens (including phenoxy) is 3. The Balaban J connectivity index is 1.22. The summed E-state index contributed by atoms with van der Waals surface area (Å²) in [6, 6.07) is 11.5. The van der Waals surface area contributed by atoms with Gasteiger partial charge in [-0.1, -0.05) is 29.8 Å². The minimum Gasteiger partial charge on any atom is -0.490 e. The Hall–Kier alpha value is -3.73. The van der Waals surface area contributed by atoms with Gasteiger partial charge in [0.2, 0.25) is 5.88 Å². The number of nitrogens with one attached hydrogen (secondary N) is 1. The fourth-order valence-electron chi connectivity index (χ4n) is 9.86. The molecule has 4 heterocycles. The third-order valence-electron chi connectivity index (χ3n) is 12.7. The van der Waals surface area contributed by atoms with Crippen molar-refractivity contribution < 1.29 is 37.7 Å². The monoisotopic (exact) mass is 824 g/mol. The Kier molecular flexibility index (Phi) is 11.3. The average Bonchev–Trinajstić information content (AvgIpc) is 3.72. The zero-order valence-electron chi connectivity index (χ0n) is 33.3. The molecule has 2 fully saturated rings. The van der Waals surface area contributed by atoms with E-state index in [1.807, 2.05) is 32.0 Å². The molecule has 2 aliphatic carbocycles. The van der Waals surface area contributed by atoms with Crippen LogP contribution in [-0.4, -0.2) is 96.1 Å². The zero-order valence-corrected chi connectivity index (χ0v) is 34.9. The Morgan fingerprint density at radius 1 is 1.14 bits per heavy atom. The first-order valence-electron chi connectivity index (χ1n) is 20.0. The van der Waals surface area contributed by atoms with Crippen LogP contribution in [0.1, 0.15) is 77.8 Å². The highest BCUT2D eigenvalue weighted by Crippen LogP contribution is 2.48. The van der Waals surface area contributed by atoms with Crippen LogP contribution in [0.2, 0.25) is 5.02 Å². The molecule has 2 bridgehead atoms. The van der Waals surface area contributed by atoms with Crippen molar-refractivity contribution in [1.29, 1.82) is 0 Å². The van der Waals surface area contributed by atoms with E-state index in [0.717, 1.165) is 49.4 Å². The van der Waals surface area contributed by atoms with Crippen LogP contribution < -0.4 is 19.1 Å². The molecule has 1 aromatic heterocycles. The van der Waals surface area contributed by atoms with Crippen molar-refractivity contribution in [3.8, 4) is 11.6 Å². The first-order chi connectivity index (χ1) is 27.4. The third-order valence-corrected chi connectivity index (χ3v) is 14.8. The lowest BCUT2D eigenvalue weighted by atomic mass is 9.67. The molecule has 0 unspecified atom stereocenters. The highest BCUT2D eigenvalue weighted by molar-refractivity contribution is 7.92. The Morgan fingerprint density at radius 3 is 2.74 bits per heavy atom. The van der Waals surface area contributed by atoms with Gasteiger partial charge in [-0.2, -0.15) is 0 Å². The van der Waals surface area contributed by atoms with Gasteiger partial charge in [-0.05, 0) is 105 Å². The number of anilines is 1. The van der Waals surface area contributed by atoms with Crippen LogP contribution in [0.4, 0.5) is 5.69 Å². The lowest BCUT2D eigenvalue weighted by Gasteiger charge is -2.46. The molecule has 3 aliphatic heterocycles. The molecule has 0 radical (unpaired) electrons. The second kappa shape index (κ2) is 16.1. The average molecular weight is 825 g/mol. The van der Waals surface area contributed by atoms with E-state index in [1.54, 1.807) is 20.2 Å². The van der Waals surface area contributed by atoms with Crippen molar-refractivity contribution in [2.45, 2.75) is 70.0 Å². The maximum atomic E-state index is 15.1. The fraction of sp³-hybridized carbons (Fsp3) is 0.585. The van der Waals surface area contributed by atoms with Gasteiger partial charge in [0.05, 0.1) is 50.5 Å². The van der Waals surface area contributed by atoms with E-state index in [1.165, 1.54) is 34.3 Å². The summed E-state index contributed by atoms with van der Waals surface area (Å²) in [6.45, 7) is 6.61. The molecule has 8 rings (SSSR count). The number of fused-ring (bicyclic) bond motifs is 5. The molecule has 14 nitrogen and oxygen atoms in total. The van der Waals surface area contributed by atoms with E-state index in [2.05, 4.69) is 31.2 Å². The summed E-state index contributed by atoms with van der Waals surface area (Å²) >= 11 is 6.50. The van der Waals surface area contributed by atoms with Crippen LogP contribution in [0.15, 0.2) is 47.0 Å². The number of rotatable bonds is 6. The number of carbonyl (C=O) groups excluding carboxylic acids is 2. The fourth-order valence-corrected chi connectivity index (χ4v) is 11.9. The second-order valence-electron chi connectivity index (χ2n) is 16.4. The van der Waals surface area contributed by atoms with Crippen molar-refractivity contribution in [1.82, 2.24) is 19.7 Å². The molecule has 3 aromatic rings. The van der Waals surface area contributed by atoms with E-state index in [4.69, 9.17) is 35.5 Å². The quantitative estimate of drug-likeness (QED) is 0.323. The number of hydrogen-bond donors (Lipinski definition) is 1. The first kappa shape index (κ1) is 40.1. The van der Waals surface area contributed by atoms with Gasteiger partial charge in [-0.3, -0.25) is 28.7 Å². The molecule has 1 saturated carbocycles. The lowest BCUT2D eigenvalue weighted by molar-refractivity contribution is -0.355. The highest BCUT2D eigenvalue weighted by atomic mass is 35.5. The van der Waals surface area contributed by atoms with Crippen LogP contribution in [-0.2, 0) is 43.2 Å². The minimum atomic E-state index is -3.77. The first-order valence-corrected chi connectivity index (χ1v) is 22.1. The summed E-state index contributed by atoms with van der Waals surface area (Å²) in [5, 5.41) is 6.42. The van der Waals surface area contributed by atoms with Gasteiger partial charge in [0.25, 0.3) is 11.8 Å². The number of hydrogen-bond acceptors (Lipinski definition) is 11. The molecule has 1 spiro atoms. The summed E-state index contributed by atoms with van der Waals surface area (Å²) in [4.78, 5) is 42.7. The molecule has 2 aromatic carbocycles. The van der Waals surface area contributed by atoms with Crippen LogP contribution in [0.5, 0.6) is 11.6 Å². The number of carbonyl (C=O) groups is 2. The summed E-state index contributed by atoms with van der Waals surface area (Å²) < 4.78 is 41.9. The van der Waals surface area contributed by atoms with Crippen molar-refractivity contribution in [3.63, 3.8) is 0 Å². The predicted octanol–water partition coefficient (Wildman–Crippen LogP) is 5.77. The van der Waals surface area contributed by atoms with Crippen LogP contribution in [0, 0.1) is 23.7 Å². The Labute approximate surface area is 339 Å². The van der Waals surface area contributed by atoms with Gasteiger partial charge in [-0.25, -0.2) is 4.21 Å². The molecule has 8 atom stereocenters. The molecule has 308 valence electrons. The van der Waals surface area contributed by atoms with Crippen LogP contribution in [0.25, 0.3) is 0 Å². The number of nitrogens with zero attached hydrogens (tertiary/aromatic N) is 5. The molecule has 1 N–H and O–H groups in total. The molecular formula is C41H53ClN6O8S. The van der Waals surface area contributed by atoms with Crippen LogP contribution >= 0.6 is 11.6 Å². The number of aryl methyl sites for hydroxylation is 2. The van der Waals surface area contributed by atoms with Gasteiger partial charge in [0.1, 0.15) is 21.2 Å². The largest absolute Gasteiger partial charge is 0.490 e. The molecule has 57 heavy (non-hydrogen) atoms. The van der Waals surface area contributed by atoms with Gasteiger partial charge in [-0.15, -0.1) is 9.46 Å². The molecule has 16 heteroatoms. The number of aromatic nitrogens is 2. The van der Waals surface area contributed by atoms with Crippen molar-refractivity contribution >= 4 is 39.0 Å². The lowest BCUT2D eigenvalue weighted by Crippen LogP contribution is -2.50. The van der Waals surface area contributed by atoms with E-state index < -0.39 is 33.8 Å². The van der Waals surface area contributed by atoms with Gasteiger partial charge < -0.3 is 19.1 Å². The SMILES string of the molecule is CCON1C[C@@H]2C[C@H](OC)[C@@H]3CC[C@H]3CN3C[C@@]4(CCCc5cc(Cl)ccc54)COc4ccc(cc43)C(=O)N=[S@](=O)(NC(=O)c3cn(C)nc3OC)C[C@@H](C)[C@H]2O1. The standard InChI is InChI=1S/C41H53ClN6O8S/c1-6-55-48-20-29-18-36(52-4)31-12-9-28(31)19-47-23-41(15-7-8-26-16-30(42)11-13-33(26)41)24-54-35-14-10-27(17-34(35)47)38(49)44-57(51,22-25(2)37(29)56-48)45-39(50)32-21-46(3)43-40(32)53-5/h10-11,13-14,16-17,21,25,28-29,31,36-37H,6-9,12,15,18-20,22-24H2,1-5H3,(H,44,45,49,50,51)/t25-,28+,29+,31-,36+,37-,41+,57+/m1/s1. The topological polar surface area (TPSA) is 146 Å². The third kappa shape index (κ3) is 7.90. The minimum absolute atomic E-state index is 0.0566. The Bertz CT molecular complexity index is 2140. The zero-order chi connectivity index (χ0) is 40.1. The number of methoxy groups -OCH3 is 2. The van der Waals surface area contributed by atoms with Gasteiger partial charge in [0, 0.05) is 55.4 Å². The van der Waals surface area contributed by atoms with E-state index >= 15 is 4.21 Å². The maximum Gasteiger partial charge on any atom is 0.286 e. The van der Waals surface area contributed by atoms with Crippen molar-refractivity contribution in [2.24, 2.45) is 35.1 Å². The highest BCUT2D eigenvalue weighted by Gasteiger charge is 2.47. The second-order valence-corrected chi connectivity index (χ2v) is 18.8. The number of halogens is 1. The maximum absolute atomic E-state index is 15.1. The van der Waals surface area contributed by atoms with Crippen molar-refractivity contribution in [3.05, 3.63) is 69.9 Å². The number of hydroxylamine groups is 2. The number of benzene rings is 2. The summed E-state index contributed by atoms with van der Waals surface area (Å²) in [5.41, 5.74) is 3.31. The summed E-state index contributed by atoms with van der Waals surface area (Å²) in [6.07, 6.45) is 6.65. The van der Waals surface area contributed by atoms with Crippen LogP contribution in [0.3, 0.4) is 0 Å². The summed E-state index contributed by atoms with van der Waals surface area (Å²) in [5.74, 6) is -0.715. The normalized spacial score (nSPS) is 31.5. The van der Waals surface area contributed by atoms with E-state index in [-0.39, 0.29) is 40.2 Å². The van der Waals surface area contributed by atoms with Gasteiger partial charge >= 0.3 is 0 Å². The molecule has 5 aliphatic rings. The Morgan fingerprint density at radius 2 is 1.98 bits per heavy atom. The van der Waals surface area contributed by atoms with E-state index in [0.29, 0.717) is 50.3 Å². The number of amides is 2. The van der Waals surface area contributed by atoms with Gasteiger partial charge in [0.15, 0.2) is 0 Å². The molecular weight excluding hydrogens is 772 g/mol. The smallest absolute Gasteiger partial charge is 0.286 e.